The fraction of sp³-hybridized carbons (Fsp3) is 0.333. The van der Waals surface area contributed by atoms with E-state index in [0.717, 1.165) is 6.54 Å². The van der Waals surface area contributed by atoms with Gasteiger partial charge in [0, 0.05) is 18.8 Å². The lowest BCUT2D eigenvalue weighted by Crippen LogP contribution is -2.46. The topological polar surface area (TPSA) is 71.1 Å². The van der Waals surface area contributed by atoms with Gasteiger partial charge in [-0.15, -0.1) is 0 Å². The van der Waals surface area contributed by atoms with Crippen molar-refractivity contribution in [3.05, 3.63) is 48.0 Å². The van der Waals surface area contributed by atoms with Crippen LogP contribution in [0.4, 0.5) is 11.4 Å². The molecule has 0 saturated carbocycles. The van der Waals surface area contributed by atoms with Gasteiger partial charge < -0.3 is 24.6 Å². The maximum absolute atomic E-state index is 12.7. The first-order valence-corrected chi connectivity index (χ1v) is 9.12. The van der Waals surface area contributed by atoms with Gasteiger partial charge in [-0.1, -0.05) is 12.1 Å². The number of anilines is 2. The highest BCUT2D eigenvalue weighted by molar-refractivity contribution is 6.07. The van der Waals surface area contributed by atoms with Crippen LogP contribution in [0.25, 0.3) is 0 Å². The molecule has 0 spiro atoms. The van der Waals surface area contributed by atoms with Crippen LogP contribution < -0.4 is 19.7 Å². The van der Waals surface area contributed by atoms with E-state index in [1.807, 2.05) is 19.0 Å². The number of nitrogens with zero attached hydrogens (tertiary/aromatic N) is 2. The molecule has 0 radical (unpaired) electrons. The second-order valence-electron chi connectivity index (χ2n) is 6.89. The predicted octanol–water partition coefficient (Wildman–Crippen LogP) is 2.62. The number of hydrogen-bond donors (Lipinski definition) is 1. The summed E-state index contributed by atoms with van der Waals surface area (Å²) in [6, 6.07) is 12.3. The summed E-state index contributed by atoms with van der Waals surface area (Å²) in [4.78, 5) is 29.0. The quantitative estimate of drug-likeness (QED) is 0.830. The van der Waals surface area contributed by atoms with Gasteiger partial charge in [-0.25, -0.2) is 0 Å². The van der Waals surface area contributed by atoms with Gasteiger partial charge in [0.1, 0.15) is 11.5 Å². The smallest absolute Gasteiger partial charge is 0.267 e. The van der Waals surface area contributed by atoms with E-state index in [-0.39, 0.29) is 11.8 Å². The van der Waals surface area contributed by atoms with Crippen molar-refractivity contribution < 1.29 is 19.1 Å². The van der Waals surface area contributed by atoms with Crippen molar-refractivity contribution in [3.8, 4) is 11.5 Å². The summed E-state index contributed by atoms with van der Waals surface area (Å²) < 4.78 is 11.0. The summed E-state index contributed by atoms with van der Waals surface area (Å²) in [5.41, 5.74) is 1.67. The second-order valence-corrected chi connectivity index (χ2v) is 6.89. The zero-order valence-electron chi connectivity index (χ0n) is 16.6. The molecule has 0 aromatic heterocycles. The van der Waals surface area contributed by atoms with Crippen molar-refractivity contribution in [1.29, 1.82) is 0 Å². The Bertz CT molecular complexity index is 882. The number of para-hydroxylation sites is 1. The van der Waals surface area contributed by atoms with E-state index < -0.39 is 6.10 Å². The predicted molar refractivity (Wildman–Crippen MR) is 108 cm³/mol. The molecule has 1 aliphatic heterocycles. The molecule has 1 heterocycles. The minimum absolute atomic E-state index is 0.0949. The number of nitrogens with one attached hydrogen (secondary N) is 1. The monoisotopic (exact) mass is 383 g/mol. The van der Waals surface area contributed by atoms with Crippen LogP contribution in [0.3, 0.4) is 0 Å². The Labute approximate surface area is 164 Å². The lowest BCUT2D eigenvalue weighted by Gasteiger charge is -2.34. The molecule has 1 aliphatic rings. The normalized spacial score (nSPS) is 15.8. The highest BCUT2D eigenvalue weighted by atomic mass is 16.5. The average Bonchev–Trinajstić information content (AvgIpc) is 2.68. The van der Waals surface area contributed by atoms with Crippen molar-refractivity contribution in [1.82, 2.24) is 4.90 Å². The lowest BCUT2D eigenvalue weighted by atomic mass is 10.1. The van der Waals surface area contributed by atoms with E-state index in [4.69, 9.17) is 9.47 Å². The molecule has 0 fully saturated rings. The zero-order valence-corrected chi connectivity index (χ0v) is 16.6. The number of hydrogen-bond acceptors (Lipinski definition) is 5. The van der Waals surface area contributed by atoms with Gasteiger partial charge in [0.2, 0.25) is 0 Å². The minimum atomic E-state index is -0.538. The Balaban J connectivity index is 1.87. The fourth-order valence-corrected chi connectivity index (χ4v) is 3.05. The molecule has 1 atom stereocenters. The summed E-state index contributed by atoms with van der Waals surface area (Å²) in [7, 11) is 5.44. The molecule has 0 aliphatic carbocycles. The van der Waals surface area contributed by atoms with E-state index in [2.05, 4.69) is 5.32 Å². The van der Waals surface area contributed by atoms with Crippen LogP contribution in [-0.2, 0) is 4.79 Å². The third-order valence-electron chi connectivity index (χ3n) is 4.55. The molecule has 1 N–H and O–H groups in total. The standard InChI is InChI=1S/C21H25N3O4/c1-14-21(26)24(12-11-23(2)3)17-13-15(9-10-19(17)28-14)22-20(25)16-7-5-6-8-18(16)27-4/h5-10,13-14H,11-12H2,1-4H3,(H,22,25). The van der Waals surface area contributed by atoms with Crippen LogP contribution in [0.15, 0.2) is 42.5 Å². The first-order chi connectivity index (χ1) is 13.4. The van der Waals surface area contributed by atoms with Crippen molar-refractivity contribution in [3.63, 3.8) is 0 Å². The third-order valence-corrected chi connectivity index (χ3v) is 4.55. The van der Waals surface area contributed by atoms with E-state index in [9.17, 15) is 9.59 Å². The first-order valence-electron chi connectivity index (χ1n) is 9.12. The SMILES string of the molecule is COc1ccccc1C(=O)Nc1ccc2c(c1)N(CCN(C)C)C(=O)C(C)O2. The number of methoxy groups -OCH3 is 1. The number of rotatable bonds is 6. The highest BCUT2D eigenvalue weighted by Crippen LogP contribution is 2.36. The van der Waals surface area contributed by atoms with Crippen LogP contribution in [0, 0.1) is 0 Å². The summed E-state index contributed by atoms with van der Waals surface area (Å²) in [6.45, 7) is 3.00. The van der Waals surface area contributed by atoms with E-state index in [1.54, 1.807) is 54.3 Å². The number of ether oxygens (including phenoxy) is 2. The summed E-state index contributed by atoms with van der Waals surface area (Å²) >= 11 is 0. The third kappa shape index (κ3) is 4.09. The van der Waals surface area contributed by atoms with Gasteiger partial charge in [0.25, 0.3) is 11.8 Å². The maximum atomic E-state index is 12.7. The fourth-order valence-electron chi connectivity index (χ4n) is 3.05. The zero-order chi connectivity index (χ0) is 20.3. The minimum Gasteiger partial charge on any atom is -0.496 e. The van der Waals surface area contributed by atoms with E-state index in [1.165, 1.54) is 7.11 Å². The number of carbonyl (C=O) groups is 2. The maximum Gasteiger partial charge on any atom is 0.267 e. The van der Waals surface area contributed by atoms with Gasteiger partial charge in [0.15, 0.2) is 6.10 Å². The summed E-state index contributed by atoms with van der Waals surface area (Å²) in [5.74, 6) is 0.746. The Morgan fingerprint density at radius 2 is 2.00 bits per heavy atom. The molecule has 148 valence electrons. The van der Waals surface area contributed by atoms with Crippen molar-refractivity contribution in [2.45, 2.75) is 13.0 Å². The molecule has 2 amide bonds. The Morgan fingerprint density at radius 3 is 2.71 bits per heavy atom. The number of carbonyl (C=O) groups excluding carboxylic acids is 2. The van der Waals surface area contributed by atoms with E-state index >= 15 is 0 Å². The molecular formula is C21H25N3O4. The van der Waals surface area contributed by atoms with E-state index in [0.29, 0.717) is 35.0 Å². The van der Waals surface area contributed by atoms with Crippen LogP contribution in [0.1, 0.15) is 17.3 Å². The number of benzene rings is 2. The summed E-state index contributed by atoms with van der Waals surface area (Å²) in [6.07, 6.45) is -0.538. The van der Waals surface area contributed by atoms with Gasteiger partial charge >= 0.3 is 0 Å². The molecule has 28 heavy (non-hydrogen) atoms. The van der Waals surface area contributed by atoms with Crippen LogP contribution in [0.5, 0.6) is 11.5 Å². The lowest BCUT2D eigenvalue weighted by molar-refractivity contribution is -0.125. The van der Waals surface area contributed by atoms with Crippen molar-refractivity contribution in [2.75, 3.05) is 44.5 Å². The largest absolute Gasteiger partial charge is 0.496 e. The molecule has 0 bridgehead atoms. The van der Waals surface area contributed by atoms with Gasteiger partial charge in [-0.2, -0.15) is 0 Å². The molecule has 0 saturated heterocycles. The molecular weight excluding hydrogens is 358 g/mol. The second kappa shape index (κ2) is 8.31. The van der Waals surface area contributed by atoms with Crippen molar-refractivity contribution >= 4 is 23.2 Å². The van der Waals surface area contributed by atoms with Crippen LogP contribution >= 0.6 is 0 Å². The van der Waals surface area contributed by atoms with Crippen LogP contribution in [0.2, 0.25) is 0 Å². The molecule has 2 aromatic rings. The van der Waals surface area contributed by atoms with Crippen molar-refractivity contribution in [2.24, 2.45) is 0 Å². The Hall–Kier alpha value is -3.06. The number of fused-ring (bicyclic) bond motifs is 1. The number of amides is 2. The summed E-state index contributed by atoms with van der Waals surface area (Å²) in [5, 5.41) is 2.87. The molecule has 7 heteroatoms. The molecule has 2 aromatic carbocycles. The molecule has 1 unspecified atom stereocenters. The van der Waals surface area contributed by atoms with Crippen LogP contribution in [-0.4, -0.2) is 57.1 Å². The Morgan fingerprint density at radius 1 is 1.25 bits per heavy atom. The molecule has 3 rings (SSSR count). The van der Waals surface area contributed by atoms with Gasteiger partial charge in [0.05, 0.1) is 18.4 Å². The highest BCUT2D eigenvalue weighted by Gasteiger charge is 2.31. The van der Waals surface area contributed by atoms with Gasteiger partial charge in [-0.05, 0) is 51.4 Å². The first kappa shape index (κ1) is 19.7. The van der Waals surface area contributed by atoms with Gasteiger partial charge in [-0.3, -0.25) is 9.59 Å². The molecule has 7 nitrogen and oxygen atoms in total. The average molecular weight is 383 g/mol. The Kier molecular flexibility index (Phi) is 5.84. The number of likely N-dealkylation sites (N-methyl/N-ethyl adjacent to an activating group) is 1.